The summed E-state index contributed by atoms with van der Waals surface area (Å²) in [5.41, 5.74) is 6.76. The van der Waals surface area contributed by atoms with Gasteiger partial charge in [-0.3, -0.25) is 4.57 Å². The Hall–Kier alpha value is -1.68. The Morgan fingerprint density at radius 1 is 1.25 bits per heavy atom. The zero-order valence-electron chi connectivity index (χ0n) is 9.59. The molecule has 4 nitrogen and oxygen atoms in total. The van der Waals surface area contributed by atoms with Crippen molar-refractivity contribution in [1.82, 2.24) is 14.8 Å². The summed E-state index contributed by atoms with van der Waals surface area (Å²) >= 11 is 0. The van der Waals surface area contributed by atoms with Crippen LogP contribution in [0.2, 0.25) is 0 Å². The van der Waals surface area contributed by atoms with Gasteiger partial charge < -0.3 is 5.73 Å². The van der Waals surface area contributed by atoms with Crippen molar-refractivity contribution in [3.63, 3.8) is 0 Å². The van der Waals surface area contributed by atoms with Crippen LogP contribution in [0.25, 0.3) is 5.69 Å². The number of para-hydroxylation sites is 1. The molecule has 16 heavy (non-hydrogen) atoms. The molecule has 0 saturated heterocycles. The first-order chi connectivity index (χ1) is 7.74. The van der Waals surface area contributed by atoms with Crippen LogP contribution in [0.1, 0.15) is 24.5 Å². The standard InChI is InChI=1S/C12H16N4/c1-9(8-13)12-15-14-10(2)16(12)11-6-4-3-5-7-11/h3-7,9H,8,13H2,1-2H3. The van der Waals surface area contributed by atoms with Gasteiger partial charge in [0.15, 0.2) is 0 Å². The molecule has 4 heteroatoms. The van der Waals surface area contributed by atoms with Crippen LogP contribution in [0, 0.1) is 6.92 Å². The largest absolute Gasteiger partial charge is 0.330 e. The molecule has 1 aromatic carbocycles. The molecule has 2 N–H and O–H groups in total. The third kappa shape index (κ3) is 1.84. The van der Waals surface area contributed by atoms with Crippen molar-refractivity contribution in [1.29, 1.82) is 0 Å². The lowest BCUT2D eigenvalue weighted by Crippen LogP contribution is -2.14. The highest BCUT2D eigenvalue weighted by atomic mass is 15.3. The zero-order valence-corrected chi connectivity index (χ0v) is 9.59. The normalized spacial score (nSPS) is 12.7. The fourth-order valence-corrected chi connectivity index (χ4v) is 1.70. The Morgan fingerprint density at radius 2 is 1.94 bits per heavy atom. The predicted molar refractivity (Wildman–Crippen MR) is 63.6 cm³/mol. The van der Waals surface area contributed by atoms with Gasteiger partial charge in [-0.2, -0.15) is 0 Å². The molecule has 0 amide bonds. The van der Waals surface area contributed by atoms with E-state index in [2.05, 4.69) is 21.7 Å². The Balaban J connectivity index is 2.52. The predicted octanol–water partition coefficient (Wildman–Crippen LogP) is 1.64. The number of benzene rings is 1. The Kier molecular flexibility index (Phi) is 3.01. The maximum Gasteiger partial charge on any atom is 0.141 e. The molecule has 0 spiro atoms. The van der Waals surface area contributed by atoms with Crippen LogP contribution in [-0.4, -0.2) is 21.3 Å². The molecular formula is C12H16N4. The molecule has 0 bridgehead atoms. The van der Waals surface area contributed by atoms with Crippen molar-refractivity contribution in [2.75, 3.05) is 6.54 Å². The van der Waals surface area contributed by atoms with E-state index in [9.17, 15) is 0 Å². The number of aromatic nitrogens is 3. The monoisotopic (exact) mass is 216 g/mol. The lowest BCUT2D eigenvalue weighted by atomic mass is 10.1. The van der Waals surface area contributed by atoms with Crippen molar-refractivity contribution < 1.29 is 0 Å². The van der Waals surface area contributed by atoms with Crippen molar-refractivity contribution in [3.05, 3.63) is 42.0 Å². The molecule has 1 aromatic heterocycles. The van der Waals surface area contributed by atoms with E-state index in [4.69, 9.17) is 5.73 Å². The number of nitrogens with zero attached hydrogens (tertiary/aromatic N) is 3. The van der Waals surface area contributed by atoms with E-state index in [1.807, 2.05) is 37.3 Å². The second kappa shape index (κ2) is 4.45. The summed E-state index contributed by atoms with van der Waals surface area (Å²) in [6, 6.07) is 10.1. The average molecular weight is 216 g/mol. The van der Waals surface area contributed by atoms with Gasteiger partial charge in [0.25, 0.3) is 0 Å². The molecule has 2 rings (SSSR count). The minimum Gasteiger partial charge on any atom is -0.330 e. The van der Waals surface area contributed by atoms with Gasteiger partial charge in [-0.1, -0.05) is 25.1 Å². The summed E-state index contributed by atoms with van der Waals surface area (Å²) in [5, 5.41) is 8.32. The summed E-state index contributed by atoms with van der Waals surface area (Å²) in [5.74, 6) is 2.02. The number of hydrogen-bond donors (Lipinski definition) is 1. The van der Waals surface area contributed by atoms with Crippen LogP contribution >= 0.6 is 0 Å². The molecule has 2 aromatic rings. The van der Waals surface area contributed by atoms with Crippen LogP contribution in [0.3, 0.4) is 0 Å². The summed E-state index contributed by atoms with van der Waals surface area (Å²) in [7, 11) is 0. The third-order valence-corrected chi connectivity index (χ3v) is 2.66. The van der Waals surface area contributed by atoms with Crippen molar-refractivity contribution in [3.8, 4) is 5.69 Å². The van der Waals surface area contributed by atoms with E-state index in [0.717, 1.165) is 17.3 Å². The van der Waals surface area contributed by atoms with E-state index < -0.39 is 0 Å². The summed E-state index contributed by atoms with van der Waals surface area (Å²) in [6.07, 6.45) is 0. The molecule has 0 radical (unpaired) electrons. The Morgan fingerprint density at radius 3 is 2.56 bits per heavy atom. The minimum atomic E-state index is 0.210. The molecule has 1 atom stereocenters. The maximum absolute atomic E-state index is 5.68. The second-order valence-corrected chi connectivity index (χ2v) is 3.91. The average Bonchev–Trinajstić information content (AvgIpc) is 2.71. The van der Waals surface area contributed by atoms with E-state index in [0.29, 0.717) is 6.54 Å². The first-order valence-electron chi connectivity index (χ1n) is 5.41. The lowest BCUT2D eigenvalue weighted by Gasteiger charge is -2.12. The van der Waals surface area contributed by atoms with Crippen molar-refractivity contribution in [2.45, 2.75) is 19.8 Å². The molecule has 84 valence electrons. The molecule has 1 unspecified atom stereocenters. The molecule has 0 aliphatic heterocycles. The van der Waals surface area contributed by atoms with Crippen LogP contribution in [0.15, 0.2) is 30.3 Å². The number of rotatable bonds is 3. The van der Waals surface area contributed by atoms with Crippen molar-refractivity contribution >= 4 is 0 Å². The van der Waals surface area contributed by atoms with Crippen LogP contribution in [0.4, 0.5) is 0 Å². The zero-order chi connectivity index (χ0) is 11.5. The van der Waals surface area contributed by atoms with Gasteiger partial charge in [-0.15, -0.1) is 10.2 Å². The van der Waals surface area contributed by atoms with E-state index in [1.165, 1.54) is 0 Å². The van der Waals surface area contributed by atoms with Gasteiger partial charge in [-0.25, -0.2) is 0 Å². The van der Waals surface area contributed by atoms with Gasteiger partial charge in [0.1, 0.15) is 11.6 Å². The van der Waals surface area contributed by atoms with Gasteiger partial charge in [0.05, 0.1) is 0 Å². The van der Waals surface area contributed by atoms with Gasteiger partial charge in [0.2, 0.25) is 0 Å². The molecular weight excluding hydrogens is 200 g/mol. The Bertz CT molecular complexity index is 461. The summed E-state index contributed by atoms with van der Waals surface area (Å²) in [4.78, 5) is 0. The highest BCUT2D eigenvalue weighted by Gasteiger charge is 2.15. The van der Waals surface area contributed by atoms with Gasteiger partial charge >= 0.3 is 0 Å². The second-order valence-electron chi connectivity index (χ2n) is 3.91. The lowest BCUT2D eigenvalue weighted by molar-refractivity contribution is 0.689. The molecule has 0 aliphatic rings. The van der Waals surface area contributed by atoms with Crippen LogP contribution < -0.4 is 5.73 Å². The molecule has 0 fully saturated rings. The SMILES string of the molecule is Cc1nnc(C(C)CN)n1-c1ccccc1. The Labute approximate surface area is 95.1 Å². The van der Waals surface area contributed by atoms with E-state index in [1.54, 1.807) is 0 Å². The minimum absolute atomic E-state index is 0.210. The first-order valence-corrected chi connectivity index (χ1v) is 5.41. The first kappa shape index (κ1) is 10.8. The van der Waals surface area contributed by atoms with E-state index >= 15 is 0 Å². The number of nitrogens with two attached hydrogens (primary N) is 1. The van der Waals surface area contributed by atoms with E-state index in [-0.39, 0.29) is 5.92 Å². The van der Waals surface area contributed by atoms with Crippen molar-refractivity contribution in [2.24, 2.45) is 5.73 Å². The smallest absolute Gasteiger partial charge is 0.141 e. The fraction of sp³-hybridized carbons (Fsp3) is 0.333. The van der Waals surface area contributed by atoms with Gasteiger partial charge in [-0.05, 0) is 19.1 Å². The number of hydrogen-bond acceptors (Lipinski definition) is 3. The summed E-state index contributed by atoms with van der Waals surface area (Å²) < 4.78 is 2.05. The molecule has 1 heterocycles. The third-order valence-electron chi connectivity index (χ3n) is 2.66. The van der Waals surface area contributed by atoms with Gasteiger partial charge in [0, 0.05) is 18.2 Å². The highest BCUT2D eigenvalue weighted by molar-refractivity contribution is 5.34. The highest BCUT2D eigenvalue weighted by Crippen LogP contribution is 2.18. The maximum atomic E-state index is 5.68. The summed E-state index contributed by atoms with van der Waals surface area (Å²) in [6.45, 7) is 4.58. The topological polar surface area (TPSA) is 56.7 Å². The molecule has 0 saturated carbocycles. The fourth-order valence-electron chi connectivity index (χ4n) is 1.70. The quantitative estimate of drug-likeness (QED) is 0.848. The number of aryl methyl sites for hydroxylation is 1. The molecule has 0 aliphatic carbocycles. The van der Waals surface area contributed by atoms with Crippen LogP contribution in [-0.2, 0) is 0 Å². The van der Waals surface area contributed by atoms with Crippen LogP contribution in [0.5, 0.6) is 0 Å².